The lowest BCUT2D eigenvalue weighted by atomic mass is 10.1. The number of halogens is 4. The molecule has 1 atom stereocenters. The minimum atomic E-state index is -4.91. The molecule has 0 saturated carbocycles. The molecule has 0 heterocycles. The van der Waals surface area contributed by atoms with Crippen LogP contribution in [0.3, 0.4) is 0 Å². The first kappa shape index (κ1) is 15.8. The van der Waals surface area contributed by atoms with Gasteiger partial charge in [0.1, 0.15) is 5.75 Å². The second-order valence-corrected chi connectivity index (χ2v) is 4.25. The van der Waals surface area contributed by atoms with Gasteiger partial charge in [-0.15, -0.1) is 0 Å². The van der Waals surface area contributed by atoms with Crippen molar-refractivity contribution in [2.24, 2.45) is 0 Å². The maximum atomic E-state index is 12.0. The fourth-order valence-corrected chi connectivity index (χ4v) is 1.41. The Morgan fingerprint density at radius 3 is 2.42 bits per heavy atom. The number of carbonyl (C=O) groups is 1. The largest absolute Gasteiger partial charge is 0.494 e. The highest BCUT2D eigenvalue weighted by atomic mass is 35.5. The Kier molecular flexibility index (Phi) is 5.62. The van der Waals surface area contributed by atoms with E-state index in [0.717, 1.165) is 0 Å². The van der Waals surface area contributed by atoms with E-state index in [1.807, 2.05) is 0 Å². The number of ketones is 1. The maximum Gasteiger partial charge on any atom is 0.421 e. The molecule has 3 nitrogen and oxygen atoms in total. The number of carbonyl (C=O) groups excluding carboxylic acids is 1. The van der Waals surface area contributed by atoms with E-state index >= 15 is 0 Å². The second-order valence-electron chi connectivity index (χ2n) is 3.82. The minimum absolute atomic E-state index is 0.0813. The molecule has 0 aliphatic heterocycles. The van der Waals surface area contributed by atoms with Crippen LogP contribution in [0.5, 0.6) is 5.75 Å². The molecule has 19 heavy (non-hydrogen) atoms. The van der Waals surface area contributed by atoms with Gasteiger partial charge < -0.3 is 9.84 Å². The number of rotatable bonds is 6. The molecule has 0 aliphatic rings. The molecule has 1 unspecified atom stereocenters. The van der Waals surface area contributed by atoms with E-state index in [1.165, 1.54) is 0 Å². The number of Topliss-reactive ketones (excluding diaryl/α,β-unsaturated/α-hetero) is 1. The molecule has 0 spiro atoms. The zero-order valence-electron chi connectivity index (χ0n) is 9.78. The number of alkyl halides is 3. The van der Waals surface area contributed by atoms with Gasteiger partial charge in [0.25, 0.3) is 0 Å². The lowest BCUT2D eigenvalue weighted by Crippen LogP contribution is -2.36. The molecule has 1 aromatic carbocycles. The third-order valence-electron chi connectivity index (χ3n) is 2.26. The Morgan fingerprint density at radius 2 is 1.89 bits per heavy atom. The van der Waals surface area contributed by atoms with E-state index in [2.05, 4.69) is 0 Å². The summed E-state index contributed by atoms with van der Waals surface area (Å²) in [5.74, 6) is -0.750. The average Bonchev–Trinajstić information content (AvgIpc) is 2.34. The molecule has 0 aromatic heterocycles. The molecule has 0 radical (unpaired) electrons. The van der Waals surface area contributed by atoms with Gasteiger partial charge in [-0.2, -0.15) is 13.2 Å². The number of benzene rings is 1. The summed E-state index contributed by atoms with van der Waals surface area (Å²) in [5, 5.41) is 9.21. The zero-order chi connectivity index (χ0) is 14.5. The van der Waals surface area contributed by atoms with Gasteiger partial charge in [-0.05, 0) is 30.7 Å². The van der Waals surface area contributed by atoms with Gasteiger partial charge in [-0.25, -0.2) is 0 Å². The number of aliphatic hydroxyl groups is 1. The van der Waals surface area contributed by atoms with Gasteiger partial charge in [0.15, 0.2) is 5.78 Å². The summed E-state index contributed by atoms with van der Waals surface area (Å²) < 4.78 is 41.2. The number of aliphatic hydroxyl groups excluding tert-OH is 1. The number of ether oxygens (including phenoxy) is 1. The van der Waals surface area contributed by atoms with Crippen molar-refractivity contribution in [3.63, 3.8) is 0 Å². The first-order valence-electron chi connectivity index (χ1n) is 5.46. The lowest BCUT2D eigenvalue weighted by molar-refractivity contribution is -0.203. The predicted octanol–water partition coefficient (Wildman–Crippen LogP) is 2.99. The minimum Gasteiger partial charge on any atom is -0.494 e. The summed E-state index contributed by atoms with van der Waals surface area (Å²) in [7, 11) is 0. The van der Waals surface area contributed by atoms with Crippen molar-refractivity contribution in [2.45, 2.75) is 25.1 Å². The van der Waals surface area contributed by atoms with Gasteiger partial charge in [-0.1, -0.05) is 11.6 Å². The Morgan fingerprint density at radius 1 is 1.32 bits per heavy atom. The molecule has 7 heteroatoms. The molecule has 1 N–H and O–H groups in total. The van der Waals surface area contributed by atoms with Crippen LogP contribution in [-0.4, -0.2) is 29.8 Å². The Labute approximate surface area is 112 Å². The summed E-state index contributed by atoms with van der Waals surface area (Å²) in [4.78, 5) is 11.0. The van der Waals surface area contributed by atoms with Crippen LogP contribution in [0.2, 0.25) is 5.02 Å². The number of hydrogen-bond acceptors (Lipinski definition) is 3. The van der Waals surface area contributed by atoms with Crippen LogP contribution in [0, 0.1) is 0 Å². The van der Waals surface area contributed by atoms with Crippen molar-refractivity contribution in [1.82, 2.24) is 0 Å². The smallest absolute Gasteiger partial charge is 0.421 e. The van der Waals surface area contributed by atoms with Crippen molar-refractivity contribution in [3.8, 4) is 5.75 Å². The predicted molar refractivity (Wildman–Crippen MR) is 63.2 cm³/mol. The Hall–Kier alpha value is -1.27. The lowest BCUT2D eigenvalue weighted by Gasteiger charge is -2.13. The summed E-state index contributed by atoms with van der Waals surface area (Å²) in [6.07, 6.45) is -8.13. The van der Waals surface area contributed by atoms with Crippen molar-refractivity contribution in [3.05, 3.63) is 29.3 Å². The summed E-state index contributed by atoms with van der Waals surface area (Å²) in [6, 6.07) is 6.42. The summed E-state index contributed by atoms with van der Waals surface area (Å²) in [6.45, 7) is 0.0813. The van der Waals surface area contributed by atoms with Crippen LogP contribution < -0.4 is 4.74 Å². The Bertz CT molecular complexity index is 417. The van der Waals surface area contributed by atoms with Gasteiger partial charge in [-0.3, -0.25) is 4.79 Å². The fourth-order valence-electron chi connectivity index (χ4n) is 1.29. The Balaban J connectivity index is 2.28. The van der Waals surface area contributed by atoms with E-state index in [9.17, 15) is 18.0 Å². The van der Waals surface area contributed by atoms with E-state index in [-0.39, 0.29) is 13.0 Å². The molecule has 1 aromatic rings. The average molecular weight is 297 g/mol. The highest BCUT2D eigenvalue weighted by molar-refractivity contribution is 6.30. The molecular weight excluding hydrogens is 285 g/mol. The first-order chi connectivity index (χ1) is 8.80. The van der Waals surface area contributed by atoms with Gasteiger partial charge >= 0.3 is 6.18 Å². The third kappa shape index (κ3) is 5.48. The van der Waals surface area contributed by atoms with Crippen LogP contribution in [0.1, 0.15) is 12.8 Å². The normalized spacial score (nSPS) is 13.1. The van der Waals surface area contributed by atoms with Crippen LogP contribution in [0.25, 0.3) is 0 Å². The monoisotopic (exact) mass is 296 g/mol. The highest BCUT2D eigenvalue weighted by Crippen LogP contribution is 2.22. The van der Waals surface area contributed by atoms with Crippen LogP contribution in [-0.2, 0) is 4.79 Å². The van der Waals surface area contributed by atoms with Gasteiger partial charge in [0.2, 0.25) is 6.10 Å². The fraction of sp³-hybridized carbons (Fsp3) is 0.417. The SMILES string of the molecule is O=C(CCCOc1ccc(Cl)cc1)C(O)C(F)(F)F. The highest BCUT2D eigenvalue weighted by Gasteiger charge is 2.42. The van der Waals surface area contributed by atoms with E-state index in [1.54, 1.807) is 24.3 Å². The number of hydrogen-bond donors (Lipinski definition) is 1. The summed E-state index contributed by atoms with van der Waals surface area (Å²) in [5.41, 5.74) is 0. The quantitative estimate of drug-likeness (QED) is 0.821. The van der Waals surface area contributed by atoms with Gasteiger partial charge in [0, 0.05) is 11.4 Å². The van der Waals surface area contributed by atoms with Crippen LogP contribution >= 0.6 is 11.6 Å². The van der Waals surface area contributed by atoms with Crippen molar-refractivity contribution in [1.29, 1.82) is 0 Å². The summed E-state index contributed by atoms with van der Waals surface area (Å²) >= 11 is 5.66. The zero-order valence-corrected chi connectivity index (χ0v) is 10.5. The van der Waals surface area contributed by atoms with Crippen LogP contribution in [0.15, 0.2) is 24.3 Å². The standard InChI is InChI=1S/C12H12ClF3O3/c13-8-3-5-9(6-4-8)19-7-1-2-10(17)11(18)12(14,15)16/h3-6,11,18H,1-2,7H2. The first-order valence-corrected chi connectivity index (χ1v) is 5.84. The van der Waals surface area contributed by atoms with Crippen molar-refractivity contribution >= 4 is 17.4 Å². The molecule has 0 amide bonds. The molecule has 0 aliphatic carbocycles. The van der Waals surface area contributed by atoms with Crippen molar-refractivity contribution < 1.29 is 27.8 Å². The molecule has 106 valence electrons. The van der Waals surface area contributed by atoms with Crippen LogP contribution in [0.4, 0.5) is 13.2 Å². The molecule has 0 bridgehead atoms. The van der Waals surface area contributed by atoms with E-state index in [0.29, 0.717) is 10.8 Å². The maximum absolute atomic E-state index is 12.0. The molecule has 1 rings (SSSR count). The topological polar surface area (TPSA) is 46.5 Å². The van der Waals surface area contributed by atoms with E-state index in [4.69, 9.17) is 21.4 Å². The molecule has 0 fully saturated rings. The second kappa shape index (κ2) is 6.77. The van der Waals surface area contributed by atoms with Gasteiger partial charge in [0.05, 0.1) is 6.61 Å². The van der Waals surface area contributed by atoms with E-state index < -0.39 is 24.5 Å². The third-order valence-corrected chi connectivity index (χ3v) is 2.52. The molecule has 0 saturated heterocycles. The molecular formula is C12H12ClF3O3. The van der Waals surface area contributed by atoms with Crippen molar-refractivity contribution in [2.75, 3.05) is 6.61 Å².